The van der Waals surface area contributed by atoms with E-state index in [2.05, 4.69) is 15.3 Å². The molecule has 0 atom stereocenters. The minimum Gasteiger partial charge on any atom is -0.473 e. The van der Waals surface area contributed by atoms with Gasteiger partial charge in [-0.25, -0.2) is 4.98 Å². The number of aryl methyl sites for hydroxylation is 2. The van der Waals surface area contributed by atoms with Gasteiger partial charge in [0.15, 0.2) is 0 Å². The number of hydrogen-bond acceptors (Lipinski definition) is 6. The summed E-state index contributed by atoms with van der Waals surface area (Å²) in [7, 11) is 0. The molecule has 0 aliphatic rings. The number of pyridine rings is 1. The number of nitrogen functional groups attached to an aromatic ring is 1. The highest BCUT2D eigenvalue weighted by Gasteiger charge is 2.08. The van der Waals surface area contributed by atoms with Crippen LogP contribution in [0.15, 0.2) is 16.5 Å². The van der Waals surface area contributed by atoms with Crippen LogP contribution in [0.1, 0.15) is 31.2 Å². The maximum absolute atomic E-state index is 5.82. The molecule has 6 nitrogen and oxygen atoms in total. The second kappa shape index (κ2) is 5.81. The van der Waals surface area contributed by atoms with Gasteiger partial charge in [0.2, 0.25) is 11.8 Å². The highest BCUT2D eigenvalue weighted by molar-refractivity contribution is 5.53. The van der Waals surface area contributed by atoms with Gasteiger partial charge in [-0.1, -0.05) is 0 Å². The summed E-state index contributed by atoms with van der Waals surface area (Å²) in [6, 6.07) is 3.56. The summed E-state index contributed by atoms with van der Waals surface area (Å²) >= 11 is 0. The zero-order valence-corrected chi connectivity index (χ0v) is 12.2. The third-order valence-electron chi connectivity index (χ3n) is 2.73. The van der Waals surface area contributed by atoms with Gasteiger partial charge >= 0.3 is 0 Å². The van der Waals surface area contributed by atoms with Crippen molar-refractivity contribution in [3.63, 3.8) is 0 Å². The topological polar surface area (TPSA) is 86.2 Å². The number of nitrogens with two attached hydrogens (primary N) is 1. The van der Waals surface area contributed by atoms with Crippen LogP contribution in [-0.2, 0) is 6.54 Å². The fraction of sp³-hybridized carbons (Fsp3) is 0.429. The molecule has 0 aromatic carbocycles. The predicted molar refractivity (Wildman–Crippen MR) is 77.7 cm³/mol. The summed E-state index contributed by atoms with van der Waals surface area (Å²) < 4.78 is 11.0. The maximum atomic E-state index is 5.82. The quantitative estimate of drug-likeness (QED) is 0.873. The molecule has 0 saturated heterocycles. The van der Waals surface area contributed by atoms with Crippen molar-refractivity contribution < 1.29 is 9.15 Å². The molecule has 6 heteroatoms. The molecule has 0 amide bonds. The molecule has 0 spiro atoms. The number of ether oxygens (including phenoxy) is 1. The monoisotopic (exact) mass is 276 g/mol. The number of nitrogens with one attached hydrogen (secondary N) is 1. The number of rotatable bonds is 5. The van der Waals surface area contributed by atoms with Crippen LogP contribution < -0.4 is 15.8 Å². The predicted octanol–water partition coefficient (Wildman–Crippen LogP) is 2.67. The van der Waals surface area contributed by atoms with Gasteiger partial charge in [0.1, 0.15) is 11.6 Å². The summed E-state index contributed by atoms with van der Waals surface area (Å²) in [4.78, 5) is 8.63. The van der Waals surface area contributed by atoms with Crippen LogP contribution in [0.25, 0.3) is 0 Å². The van der Waals surface area contributed by atoms with Crippen molar-refractivity contribution in [3.8, 4) is 5.88 Å². The minimum atomic E-state index is 0.0251. The van der Waals surface area contributed by atoms with Gasteiger partial charge in [0.25, 0.3) is 0 Å². The van der Waals surface area contributed by atoms with Crippen LogP contribution in [0.4, 0.5) is 11.5 Å². The lowest BCUT2D eigenvalue weighted by Gasteiger charge is -2.12. The van der Waals surface area contributed by atoms with Crippen molar-refractivity contribution in [2.75, 3.05) is 11.1 Å². The van der Waals surface area contributed by atoms with Gasteiger partial charge in [0.05, 0.1) is 24.0 Å². The van der Waals surface area contributed by atoms with Crippen molar-refractivity contribution in [1.82, 2.24) is 9.97 Å². The molecule has 108 valence electrons. The van der Waals surface area contributed by atoms with Gasteiger partial charge in [-0.2, -0.15) is 4.98 Å². The molecular weight excluding hydrogens is 256 g/mol. The van der Waals surface area contributed by atoms with Gasteiger partial charge in [-0.3, -0.25) is 0 Å². The Kier molecular flexibility index (Phi) is 4.12. The maximum Gasteiger partial charge on any atom is 0.239 e. The highest BCUT2D eigenvalue weighted by atomic mass is 16.5. The molecule has 2 aromatic rings. The molecule has 0 fully saturated rings. The Morgan fingerprint density at radius 3 is 2.65 bits per heavy atom. The molecule has 20 heavy (non-hydrogen) atoms. The summed E-state index contributed by atoms with van der Waals surface area (Å²) in [6.45, 7) is 8.13. The van der Waals surface area contributed by atoms with E-state index in [0.717, 1.165) is 11.5 Å². The fourth-order valence-electron chi connectivity index (χ4n) is 1.65. The van der Waals surface area contributed by atoms with E-state index in [1.54, 1.807) is 12.1 Å². The molecule has 3 N–H and O–H groups in total. The van der Waals surface area contributed by atoms with Crippen molar-refractivity contribution in [2.45, 2.75) is 40.3 Å². The van der Waals surface area contributed by atoms with Crippen molar-refractivity contribution in [3.05, 3.63) is 29.5 Å². The van der Waals surface area contributed by atoms with Crippen LogP contribution in [0, 0.1) is 13.8 Å². The first-order chi connectivity index (χ1) is 9.45. The zero-order chi connectivity index (χ0) is 14.7. The Balaban J connectivity index is 2.06. The SMILES string of the molecule is Cc1nc(CNc2ccc(N)c(OC(C)C)n2)oc1C. The second-order valence-electron chi connectivity index (χ2n) is 4.86. The minimum absolute atomic E-state index is 0.0251. The van der Waals surface area contributed by atoms with Crippen LogP contribution in [0.3, 0.4) is 0 Å². The molecule has 2 heterocycles. The Labute approximate surface area is 118 Å². The highest BCUT2D eigenvalue weighted by Crippen LogP contribution is 2.22. The van der Waals surface area contributed by atoms with Gasteiger partial charge in [0, 0.05) is 0 Å². The summed E-state index contributed by atoms with van der Waals surface area (Å²) in [5.74, 6) is 2.56. The van der Waals surface area contributed by atoms with Crippen molar-refractivity contribution in [1.29, 1.82) is 0 Å². The van der Waals surface area contributed by atoms with E-state index >= 15 is 0 Å². The lowest BCUT2D eigenvalue weighted by molar-refractivity contribution is 0.234. The average Bonchev–Trinajstić information content (AvgIpc) is 2.69. The molecule has 0 radical (unpaired) electrons. The Morgan fingerprint density at radius 1 is 1.30 bits per heavy atom. The largest absolute Gasteiger partial charge is 0.473 e. The van der Waals surface area contributed by atoms with Gasteiger partial charge < -0.3 is 20.2 Å². The normalized spacial score (nSPS) is 10.8. The first-order valence-electron chi connectivity index (χ1n) is 6.55. The van der Waals surface area contributed by atoms with Crippen LogP contribution in [0.5, 0.6) is 5.88 Å². The number of hydrogen-bond donors (Lipinski definition) is 2. The first kappa shape index (κ1) is 14.2. The van der Waals surface area contributed by atoms with E-state index in [9.17, 15) is 0 Å². The molecule has 2 aromatic heterocycles. The molecular formula is C14H20N4O2. The Bertz CT molecular complexity index is 573. The Hall–Kier alpha value is -2.24. The molecule has 0 saturated carbocycles. The third kappa shape index (κ3) is 3.40. The smallest absolute Gasteiger partial charge is 0.239 e. The molecule has 0 unspecified atom stereocenters. The molecule has 2 rings (SSSR count). The first-order valence-corrected chi connectivity index (χ1v) is 6.55. The van der Waals surface area contributed by atoms with E-state index in [0.29, 0.717) is 29.8 Å². The fourth-order valence-corrected chi connectivity index (χ4v) is 1.65. The van der Waals surface area contributed by atoms with E-state index in [4.69, 9.17) is 14.9 Å². The zero-order valence-electron chi connectivity index (χ0n) is 12.2. The summed E-state index contributed by atoms with van der Waals surface area (Å²) in [6.07, 6.45) is 0.0251. The van der Waals surface area contributed by atoms with E-state index < -0.39 is 0 Å². The van der Waals surface area contributed by atoms with Gasteiger partial charge in [-0.05, 0) is 39.8 Å². The Morgan fingerprint density at radius 2 is 2.05 bits per heavy atom. The second-order valence-corrected chi connectivity index (χ2v) is 4.86. The summed E-state index contributed by atoms with van der Waals surface area (Å²) in [5, 5.41) is 3.14. The van der Waals surface area contributed by atoms with Crippen LogP contribution in [0.2, 0.25) is 0 Å². The molecule has 0 bridgehead atoms. The van der Waals surface area contributed by atoms with Crippen molar-refractivity contribution in [2.24, 2.45) is 0 Å². The van der Waals surface area contributed by atoms with Crippen molar-refractivity contribution >= 4 is 11.5 Å². The summed E-state index contributed by atoms with van der Waals surface area (Å²) in [5.41, 5.74) is 7.24. The number of oxazole rings is 1. The average molecular weight is 276 g/mol. The van der Waals surface area contributed by atoms with Crippen LogP contribution in [-0.4, -0.2) is 16.1 Å². The molecule has 0 aliphatic carbocycles. The van der Waals surface area contributed by atoms with E-state index in [1.807, 2.05) is 27.7 Å². The lowest BCUT2D eigenvalue weighted by atomic mass is 10.4. The number of anilines is 2. The third-order valence-corrected chi connectivity index (χ3v) is 2.73. The van der Waals surface area contributed by atoms with Crippen LogP contribution >= 0.6 is 0 Å². The molecule has 0 aliphatic heterocycles. The van der Waals surface area contributed by atoms with E-state index in [1.165, 1.54) is 0 Å². The standard InChI is InChI=1S/C14H20N4O2/c1-8(2)19-14-11(15)5-6-12(18-14)16-7-13-17-9(3)10(4)20-13/h5-6,8H,7,15H2,1-4H3,(H,16,18). The van der Waals surface area contributed by atoms with E-state index in [-0.39, 0.29) is 6.10 Å². The number of nitrogens with zero attached hydrogens (tertiary/aromatic N) is 2. The lowest BCUT2D eigenvalue weighted by Crippen LogP contribution is -2.10. The number of aromatic nitrogens is 2. The van der Waals surface area contributed by atoms with Gasteiger partial charge in [-0.15, -0.1) is 0 Å².